The van der Waals surface area contributed by atoms with E-state index >= 15 is 0 Å². The van der Waals surface area contributed by atoms with E-state index in [-0.39, 0.29) is 23.7 Å². The molecule has 84 valence electrons. The minimum atomic E-state index is -0.526. The van der Waals surface area contributed by atoms with Crippen LogP contribution in [0.3, 0.4) is 0 Å². The van der Waals surface area contributed by atoms with Gasteiger partial charge in [-0.05, 0) is 6.07 Å². The Morgan fingerprint density at radius 3 is 2.94 bits per heavy atom. The van der Waals surface area contributed by atoms with E-state index in [4.69, 9.17) is 10.8 Å². The van der Waals surface area contributed by atoms with Gasteiger partial charge in [0.05, 0.1) is 5.39 Å². The Morgan fingerprint density at radius 1 is 1.50 bits per heavy atom. The highest BCUT2D eigenvalue weighted by molar-refractivity contribution is 5.84. The Morgan fingerprint density at radius 2 is 2.25 bits per heavy atom. The third-order valence-corrected chi connectivity index (χ3v) is 2.14. The number of hydrogen-bond donors (Lipinski definition) is 4. The quantitative estimate of drug-likeness (QED) is 0.526. The molecule has 0 radical (unpaired) electrons. The number of H-pyrrole nitrogens is 2. The number of anilines is 1. The second kappa shape index (κ2) is 3.78. The van der Waals surface area contributed by atoms with E-state index in [1.54, 1.807) is 0 Å². The second-order valence-corrected chi connectivity index (χ2v) is 3.38. The lowest BCUT2D eigenvalue weighted by molar-refractivity contribution is -0.121. The lowest BCUT2D eigenvalue weighted by Gasteiger charge is -1.92. The monoisotopic (exact) mass is 222 g/mol. The number of nitrogens with zero attached hydrogens (tertiary/aromatic N) is 1. The van der Waals surface area contributed by atoms with E-state index in [2.05, 4.69) is 15.0 Å². The molecule has 0 amide bonds. The standard InChI is InChI=1S/C9H10N4O3/c10-9-12-7-6(8(16)13-9)2-4(11-7)1-5(15)3-14/h2,14H,1,3H2,(H4,10,11,12,13,16). The molecule has 5 N–H and O–H groups in total. The van der Waals surface area contributed by atoms with E-state index in [0.717, 1.165) is 0 Å². The SMILES string of the molecule is Nc1nc2[nH]c(CC(=O)CO)cc2c(=O)[nH]1. The van der Waals surface area contributed by atoms with Crippen LogP contribution in [-0.2, 0) is 11.2 Å². The van der Waals surface area contributed by atoms with Crippen LogP contribution in [0.2, 0.25) is 0 Å². The first-order valence-corrected chi connectivity index (χ1v) is 4.60. The van der Waals surface area contributed by atoms with Gasteiger partial charge >= 0.3 is 0 Å². The lowest BCUT2D eigenvalue weighted by Crippen LogP contribution is -2.09. The molecule has 2 aromatic rings. The summed E-state index contributed by atoms with van der Waals surface area (Å²) in [7, 11) is 0. The van der Waals surface area contributed by atoms with Crippen molar-refractivity contribution < 1.29 is 9.90 Å². The molecule has 2 rings (SSSR count). The summed E-state index contributed by atoms with van der Waals surface area (Å²) >= 11 is 0. The largest absolute Gasteiger partial charge is 0.389 e. The van der Waals surface area contributed by atoms with Crippen LogP contribution in [0.4, 0.5) is 5.95 Å². The Labute approximate surface area is 89.3 Å². The van der Waals surface area contributed by atoms with Crippen LogP contribution in [0, 0.1) is 0 Å². The molecule has 2 heterocycles. The van der Waals surface area contributed by atoms with E-state index < -0.39 is 6.61 Å². The van der Waals surface area contributed by atoms with Gasteiger partial charge in [-0.3, -0.25) is 14.6 Å². The number of carbonyl (C=O) groups excluding carboxylic acids is 1. The molecule has 0 saturated carbocycles. The van der Waals surface area contributed by atoms with Gasteiger partial charge in [-0.2, -0.15) is 4.98 Å². The van der Waals surface area contributed by atoms with Crippen molar-refractivity contribution in [3.8, 4) is 0 Å². The van der Waals surface area contributed by atoms with Gasteiger partial charge < -0.3 is 15.8 Å². The molecule has 7 heteroatoms. The number of aromatic amines is 2. The van der Waals surface area contributed by atoms with Gasteiger partial charge in [-0.1, -0.05) is 0 Å². The summed E-state index contributed by atoms with van der Waals surface area (Å²) in [5, 5.41) is 8.95. The number of aliphatic hydroxyl groups is 1. The van der Waals surface area contributed by atoms with Gasteiger partial charge in [0.15, 0.2) is 5.78 Å². The first-order valence-electron chi connectivity index (χ1n) is 4.60. The van der Waals surface area contributed by atoms with Gasteiger partial charge in [0.25, 0.3) is 5.56 Å². The molecule has 0 aliphatic heterocycles. The number of ketones is 1. The molecule has 0 spiro atoms. The molecule has 16 heavy (non-hydrogen) atoms. The van der Waals surface area contributed by atoms with Crippen molar-refractivity contribution in [1.29, 1.82) is 0 Å². The zero-order valence-electron chi connectivity index (χ0n) is 8.28. The topological polar surface area (TPSA) is 125 Å². The minimum absolute atomic E-state index is 0.0133. The zero-order chi connectivity index (χ0) is 11.7. The number of fused-ring (bicyclic) bond motifs is 1. The average molecular weight is 222 g/mol. The number of rotatable bonds is 3. The zero-order valence-corrected chi connectivity index (χ0v) is 8.28. The first kappa shape index (κ1) is 10.4. The van der Waals surface area contributed by atoms with Gasteiger partial charge in [0, 0.05) is 12.1 Å². The molecule has 0 aliphatic carbocycles. The lowest BCUT2D eigenvalue weighted by atomic mass is 10.2. The summed E-state index contributed by atoms with van der Waals surface area (Å²) in [6.45, 7) is -0.526. The molecule has 2 aromatic heterocycles. The summed E-state index contributed by atoms with van der Waals surface area (Å²) in [6.07, 6.45) is 0.0339. The van der Waals surface area contributed by atoms with Crippen molar-refractivity contribution in [2.24, 2.45) is 0 Å². The van der Waals surface area contributed by atoms with Gasteiger partial charge in [0.2, 0.25) is 5.95 Å². The predicted molar refractivity (Wildman–Crippen MR) is 56.9 cm³/mol. The molecular weight excluding hydrogens is 212 g/mol. The van der Waals surface area contributed by atoms with Crippen LogP contribution in [0.25, 0.3) is 11.0 Å². The summed E-state index contributed by atoms with van der Waals surface area (Å²) < 4.78 is 0. The Kier molecular flexibility index (Phi) is 2.45. The second-order valence-electron chi connectivity index (χ2n) is 3.38. The molecule has 0 saturated heterocycles. The molecule has 0 aliphatic rings. The van der Waals surface area contributed by atoms with Crippen molar-refractivity contribution in [2.75, 3.05) is 12.3 Å². The van der Waals surface area contributed by atoms with Crippen LogP contribution >= 0.6 is 0 Å². The molecule has 0 fully saturated rings. The fraction of sp³-hybridized carbons (Fsp3) is 0.222. The van der Waals surface area contributed by atoms with Gasteiger partial charge in [0.1, 0.15) is 12.3 Å². The number of aromatic nitrogens is 3. The maximum absolute atomic E-state index is 11.4. The van der Waals surface area contributed by atoms with Crippen molar-refractivity contribution >= 4 is 22.8 Å². The van der Waals surface area contributed by atoms with Crippen molar-refractivity contribution in [3.05, 3.63) is 22.1 Å². The number of hydrogen-bond acceptors (Lipinski definition) is 5. The minimum Gasteiger partial charge on any atom is -0.389 e. The molecule has 0 unspecified atom stereocenters. The van der Waals surface area contributed by atoms with Crippen molar-refractivity contribution in [1.82, 2.24) is 15.0 Å². The maximum atomic E-state index is 11.4. The van der Waals surface area contributed by atoms with Crippen molar-refractivity contribution in [2.45, 2.75) is 6.42 Å². The number of nitrogen functional groups attached to an aromatic ring is 1. The highest BCUT2D eigenvalue weighted by Gasteiger charge is 2.09. The third-order valence-electron chi connectivity index (χ3n) is 2.14. The van der Waals surface area contributed by atoms with Crippen LogP contribution < -0.4 is 11.3 Å². The third kappa shape index (κ3) is 1.80. The Bertz CT molecular complexity index is 598. The fourth-order valence-electron chi connectivity index (χ4n) is 1.45. The number of carbonyl (C=O) groups is 1. The van der Waals surface area contributed by atoms with Crippen LogP contribution in [0.5, 0.6) is 0 Å². The molecule has 0 aromatic carbocycles. The normalized spacial score (nSPS) is 10.8. The Balaban J connectivity index is 2.48. The van der Waals surface area contributed by atoms with E-state index in [1.165, 1.54) is 6.07 Å². The number of aliphatic hydroxyl groups excluding tert-OH is 1. The number of nitrogens with two attached hydrogens (primary N) is 1. The number of nitrogens with one attached hydrogen (secondary N) is 2. The predicted octanol–water partition coefficient (Wildman–Crippen LogP) is -1.06. The summed E-state index contributed by atoms with van der Waals surface area (Å²) in [6, 6.07) is 1.52. The maximum Gasteiger partial charge on any atom is 0.261 e. The van der Waals surface area contributed by atoms with E-state index in [0.29, 0.717) is 16.7 Å². The first-order chi connectivity index (χ1) is 7.60. The summed E-state index contributed by atoms with van der Waals surface area (Å²) in [5.41, 5.74) is 5.87. The smallest absolute Gasteiger partial charge is 0.261 e. The average Bonchev–Trinajstić information content (AvgIpc) is 2.60. The summed E-state index contributed by atoms with van der Waals surface area (Å²) in [4.78, 5) is 31.5. The van der Waals surface area contributed by atoms with Gasteiger partial charge in [-0.25, -0.2) is 0 Å². The fourth-order valence-corrected chi connectivity index (χ4v) is 1.45. The molecule has 7 nitrogen and oxygen atoms in total. The Hall–Kier alpha value is -2.15. The van der Waals surface area contributed by atoms with Crippen LogP contribution in [-0.4, -0.2) is 32.4 Å². The van der Waals surface area contributed by atoms with Crippen molar-refractivity contribution in [3.63, 3.8) is 0 Å². The molecule has 0 bridgehead atoms. The van der Waals surface area contributed by atoms with E-state index in [1.807, 2.05) is 0 Å². The highest BCUT2D eigenvalue weighted by atomic mass is 16.3. The van der Waals surface area contributed by atoms with Gasteiger partial charge in [-0.15, -0.1) is 0 Å². The van der Waals surface area contributed by atoms with Crippen LogP contribution in [0.1, 0.15) is 5.69 Å². The van der Waals surface area contributed by atoms with Crippen LogP contribution in [0.15, 0.2) is 10.9 Å². The highest BCUT2D eigenvalue weighted by Crippen LogP contribution is 2.10. The molecule has 0 atom stereocenters. The summed E-state index contributed by atoms with van der Waals surface area (Å²) in [5.74, 6) is -0.324. The van der Waals surface area contributed by atoms with E-state index in [9.17, 15) is 9.59 Å². The number of Topliss-reactive ketones (excluding diaryl/α,β-unsaturated/α-hetero) is 1. The molecular formula is C9H10N4O3.